The molecule has 1 atom stereocenters. The Kier molecular flexibility index (Phi) is 3.20. The van der Waals surface area contributed by atoms with Crippen molar-refractivity contribution in [2.75, 3.05) is 0 Å². The number of nitrogens with one attached hydrogen (secondary N) is 1. The third-order valence-electron chi connectivity index (χ3n) is 4.27. The van der Waals surface area contributed by atoms with Crippen LogP contribution in [0, 0.1) is 6.57 Å². The molecule has 0 fully saturated rings. The maximum absolute atomic E-state index is 13.9. The average Bonchev–Trinajstić information content (AvgIpc) is 2.85. The number of nitrogens with zero attached hydrogens (tertiary/aromatic N) is 1. The number of aromatic nitrogens is 1. The zero-order chi connectivity index (χ0) is 17.0. The van der Waals surface area contributed by atoms with Crippen LogP contribution >= 0.6 is 0 Å². The topological polar surface area (TPSA) is 40.4 Å². The van der Waals surface area contributed by atoms with E-state index in [1.807, 2.05) is 0 Å². The number of aryl methyl sites for hydroxylation is 1. The predicted octanol–water partition coefficient (Wildman–Crippen LogP) is 4.44. The number of alkyl halides is 5. The van der Waals surface area contributed by atoms with E-state index in [0.29, 0.717) is 10.9 Å². The van der Waals surface area contributed by atoms with E-state index in [0.717, 1.165) is 0 Å². The lowest BCUT2D eigenvalue weighted by Crippen LogP contribution is -2.56. The lowest BCUT2D eigenvalue weighted by molar-refractivity contribution is -0.349. The molecule has 0 saturated carbocycles. The first kappa shape index (κ1) is 15.7. The smallest absolute Gasteiger partial charge is 0.377 e. The van der Waals surface area contributed by atoms with Gasteiger partial charge in [0.05, 0.1) is 12.3 Å². The molecule has 3 nitrogen and oxygen atoms in total. The maximum Gasteiger partial charge on any atom is 0.456 e. The number of hydrogen-bond acceptors (Lipinski definition) is 1. The number of hydrogen-bond donors (Lipinski definition) is 2. The van der Waals surface area contributed by atoms with Crippen molar-refractivity contribution in [1.82, 2.24) is 4.98 Å². The Hall–Kier alpha value is -2.14. The molecule has 1 aromatic carbocycles. The summed E-state index contributed by atoms with van der Waals surface area (Å²) in [4.78, 5) is 5.72. The summed E-state index contributed by atoms with van der Waals surface area (Å²) in [5.41, 5.74) is -3.07. The molecule has 1 aliphatic carbocycles. The van der Waals surface area contributed by atoms with Crippen molar-refractivity contribution < 1.29 is 27.1 Å². The fourth-order valence-electron chi connectivity index (χ4n) is 3.11. The first-order valence-electron chi connectivity index (χ1n) is 6.81. The highest BCUT2D eigenvalue weighted by molar-refractivity contribution is 5.88. The standard InChI is InChI=1S/C15H11F5N2O/c1-21-8-4-5-11-10(7-8)9-3-2-6-13(23,12(9)22-11)14(16,17)15(18,19)20/h4-5,7,22-23H,2-3,6H2. The van der Waals surface area contributed by atoms with E-state index in [-0.39, 0.29) is 24.1 Å². The van der Waals surface area contributed by atoms with Crippen molar-refractivity contribution in [3.8, 4) is 0 Å². The van der Waals surface area contributed by atoms with Gasteiger partial charge >= 0.3 is 12.1 Å². The molecule has 1 heterocycles. The van der Waals surface area contributed by atoms with Crippen molar-refractivity contribution in [2.45, 2.75) is 37.0 Å². The molecule has 0 aliphatic heterocycles. The first-order valence-corrected chi connectivity index (χ1v) is 6.81. The van der Waals surface area contributed by atoms with E-state index in [1.54, 1.807) is 0 Å². The van der Waals surface area contributed by atoms with Gasteiger partial charge in [0.1, 0.15) is 0 Å². The Bertz CT molecular complexity index is 818. The Balaban J connectivity index is 2.26. The summed E-state index contributed by atoms with van der Waals surface area (Å²) in [6.45, 7) is 6.97. The molecule has 0 spiro atoms. The van der Waals surface area contributed by atoms with Crippen molar-refractivity contribution in [3.63, 3.8) is 0 Å². The molecule has 8 heteroatoms. The summed E-state index contributed by atoms with van der Waals surface area (Å²) < 4.78 is 66.1. The molecular weight excluding hydrogens is 319 g/mol. The summed E-state index contributed by atoms with van der Waals surface area (Å²) in [7, 11) is 0. The Labute approximate surface area is 127 Å². The van der Waals surface area contributed by atoms with Crippen LogP contribution in [0.3, 0.4) is 0 Å². The minimum Gasteiger partial charge on any atom is -0.377 e. The fraction of sp³-hybridized carbons (Fsp3) is 0.400. The Morgan fingerprint density at radius 3 is 2.52 bits per heavy atom. The van der Waals surface area contributed by atoms with E-state index in [4.69, 9.17) is 6.57 Å². The Morgan fingerprint density at radius 1 is 1.22 bits per heavy atom. The minimum absolute atomic E-state index is 0.00955. The molecule has 0 bridgehead atoms. The summed E-state index contributed by atoms with van der Waals surface area (Å²) in [5.74, 6) is -5.28. The Morgan fingerprint density at radius 2 is 1.91 bits per heavy atom. The van der Waals surface area contributed by atoms with Crippen molar-refractivity contribution in [1.29, 1.82) is 0 Å². The summed E-state index contributed by atoms with van der Waals surface area (Å²) in [5, 5.41) is 10.6. The van der Waals surface area contributed by atoms with Gasteiger partial charge in [0, 0.05) is 5.52 Å². The molecule has 1 unspecified atom stereocenters. The molecule has 2 aromatic rings. The highest BCUT2D eigenvalue weighted by Crippen LogP contribution is 2.53. The van der Waals surface area contributed by atoms with Gasteiger partial charge in [-0.3, -0.25) is 0 Å². The molecule has 0 saturated heterocycles. The van der Waals surface area contributed by atoms with Crippen molar-refractivity contribution >= 4 is 16.6 Å². The number of benzene rings is 1. The van der Waals surface area contributed by atoms with Crippen LogP contribution in [0.2, 0.25) is 0 Å². The second kappa shape index (κ2) is 4.68. The monoisotopic (exact) mass is 330 g/mol. The number of rotatable bonds is 1. The zero-order valence-corrected chi connectivity index (χ0v) is 11.6. The number of aliphatic hydroxyl groups is 1. The van der Waals surface area contributed by atoms with E-state index in [9.17, 15) is 27.1 Å². The number of halogens is 5. The minimum atomic E-state index is -5.87. The summed E-state index contributed by atoms with van der Waals surface area (Å²) in [6, 6.07) is 4.29. The molecule has 1 aromatic heterocycles. The van der Waals surface area contributed by atoms with Gasteiger partial charge in [0.2, 0.25) is 0 Å². The van der Waals surface area contributed by atoms with Crippen LogP contribution < -0.4 is 0 Å². The van der Waals surface area contributed by atoms with Gasteiger partial charge < -0.3 is 10.1 Å². The van der Waals surface area contributed by atoms with Gasteiger partial charge in [0.25, 0.3) is 0 Å². The quantitative estimate of drug-likeness (QED) is 0.589. The lowest BCUT2D eigenvalue weighted by atomic mass is 9.78. The lowest BCUT2D eigenvalue weighted by Gasteiger charge is -2.39. The van der Waals surface area contributed by atoms with Gasteiger partial charge in [0.15, 0.2) is 11.3 Å². The van der Waals surface area contributed by atoms with Crippen molar-refractivity contribution in [2.24, 2.45) is 0 Å². The predicted molar refractivity (Wildman–Crippen MR) is 72.4 cm³/mol. The summed E-state index contributed by atoms with van der Waals surface area (Å²) in [6.07, 6.45) is -6.32. The van der Waals surface area contributed by atoms with Crippen LogP contribution in [0.4, 0.5) is 27.6 Å². The van der Waals surface area contributed by atoms with Crippen LogP contribution in [-0.4, -0.2) is 22.2 Å². The first-order chi connectivity index (χ1) is 10.6. The van der Waals surface area contributed by atoms with Crippen LogP contribution in [-0.2, 0) is 12.0 Å². The van der Waals surface area contributed by atoms with Gasteiger partial charge in [-0.25, -0.2) is 4.85 Å². The van der Waals surface area contributed by atoms with Crippen LogP contribution in [0.1, 0.15) is 24.1 Å². The molecule has 3 rings (SSSR count). The number of fused-ring (bicyclic) bond motifs is 3. The third-order valence-corrected chi connectivity index (χ3v) is 4.27. The second-order valence-electron chi connectivity index (χ2n) is 5.61. The second-order valence-corrected chi connectivity index (χ2v) is 5.61. The van der Waals surface area contributed by atoms with Gasteiger partial charge in [-0.1, -0.05) is 6.07 Å². The molecule has 0 radical (unpaired) electrons. The van der Waals surface area contributed by atoms with Gasteiger partial charge in [-0.15, -0.1) is 0 Å². The van der Waals surface area contributed by atoms with Crippen LogP contribution in [0.5, 0.6) is 0 Å². The molecule has 122 valence electrons. The molecule has 2 N–H and O–H groups in total. The summed E-state index contributed by atoms with van der Waals surface area (Å²) >= 11 is 0. The maximum atomic E-state index is 13.9. The van der Waals surface area contributed by atoms with Crippen molar-refractivity contribution in [3.05, 3.63) is 40.9 Å². The molecule has 0 amide bonds. The van der Waals surface area contributed by atoms with Crippen LogP contribution in [0.15, 0.2) is 18.2 Å². The van der Waals surface area contributed by atoms with E-state index in [2.05, 4.69) is 9.83 Å². The third kappa shape index (κ3) is 2.03. The highest BCUT2D eigenvalue weighted by Gasteiger charge is 2.71. The normalized spacial score (nSPS) is 22.0. The largest absolute Gasteiger partial charge is 0.456 e. The number of H-pyrrole nitrogens is 1. The number of aromatic amines is 1. The molecule has 1 aliphatic rings. The molecule has 23 heavy (non-hydrogen) atoms. The van der Waals surface area contributed by atoms with E-state index < -0.39 is 29.8 Å². The van der Waals surface area contributed by atoms with Gasteiger partial charge in [-0.05, 0) is 42.3 Å². The van der Waals surface area contributed by atoms with Crippen LogP contribution in [0.25, 0.3) is 15.7 Å². The van der Waals surface area contributed by atoms with E-state index >= 15 is 0 Å². The SMILES string of the molecule is [C-]#[N+]c1ccc2[nH]c3c(c2c1)CCCC3(O)C(F)(F)C(F)(F)F. The highest BCUT2D eigenvalue weighted by atomic mass is 19.4. The van der Waals surface area contributed by atoms with Gasteiger partial charge in [-0.2, -0.15) is 22.0 Å². The van der Waals surface area contributed by atoms with E-state index in [1.165, 1.54) is 18.2 Å². The molecular formula is C15H11F5N2O. The fourth-order valence-corrected chi connectivity index (χ4v) is 3.11. The average molecular weight is 330 g/mol. The zero-order valence-electron chi connectivity index (χ0n) is 11.6.